The predicted molar refractivity (Wildman–Crippen MR) is 77.4 cm³/mol. The Morgan fingerprint density at radius 1 is 1.40 bits per heavy atom. The summed E-state index contributed by atoms with van der Waals surface area (Å²) in [7, 11) is 3.66. The van der Waals surface area contributed by atoms with E-state index in [4.69, 9.17) is 0 Å². The summed E-state index contributed by atoms with van der Waals surface area (Å²) in [6.07, 6.45) is 5.22. The highest BCUT2D eigenvalue weighted by atomic mass is 16.2. The van der Waals surface area contributed by atoms with Crippen LogP contribution in [0.15, 0.2) is 30.7 Å². The van der Waals surface area contributed by atoms with Crippen molar-refractivity contribution in [2.75, 3.05) is 18.9 Å². The molecule has 0 spiro atoms. The maximum atomic E-state index is 12.3. The lowest BCUT2D eigenvalue weighted by Gasteiger charge is -2.16. The molecule has 0 aliphatic carbocycles. The highest BCUT2D eigenvalue weighted by molar-refractivity contribution is 5.92. The van der Waals surface area contributed by atoms with E-state index in [1.54, 1.807) is 30.4 Å². The van der Waals surface area contributed by atoms with Gasteiger partial charge in [-0.25, -0.2) is 4.98 Å². The van der Waals surface area contributed by atoms with Gasteiger partial charge in [0.25, 0.3) is 5.91 Å². The van der Waals surface area contributed by atoms with Gasteiger partial charge >= 0.3 is 0 Å². The van der Waals surface area contributed by atoms with Gasteiger partial charge in [-0.3, -0.25) is 9.78 Å². The Morgan fingerprint density at radius 2 is 2.20 bits per heavy atom. The molecule has 0 saturated heterocycles. The van der Waals surface area contributed by atoms with E-state index < -0.39 is 0 Å². The van der Waals surface area contributed by atoms with Crippen LogP contribution in [0.3, 0.4) is 0 Å². The normalized spacial score (nSPS) is 10.3. The summed E-state index contributed by atoms with van der Waals surface area (Å²) in [5, 5.41) is 3.17. The van der Waals surface area contributed by atoms with Crippen LogP contribution in [-0.2, 0) is 13.6 Å². The van der Waals surface area contributed by atoms with E-state index >= 15 is 0 Å². The Morgan fingerprint density at radius 3 is 2.85 bits per heavy atom. The van der Waals surface area contributed by atoms with E-state index in [9.17, 15) is 4.79 Å². The second-order valence-corrected chi connectivity index (χ2v) is 4.58. The second-order valence-electron chi connectivity index (χ2n) is 4.58. The SMILES string of the molecule is CCNc1ccnc(C(=O)N(C)Cc2nccn2C)c1. The van der Waals surface area contributed by atoms with Gasteiger partial charge in [0.1, 0.15) is 11.5 Å². The summed E-state index contributed by atoms with van der Waals surface area (Å²) in [5.41, 5.74) is 1.33. The maximum absolute atomic E-state index is 12.3. The quantitative estimate of drug-likeness (QED) is 0.897. The molecule has 106 valence electrons. The summed E-state index contributed by atoms with van der Waals surface area (Å²) < 4.78 is 1.90. The van der Waals surface area contributed by atoms with Crippen molar-refractivity contribution in [2.24, 2.45) is 7.05 Å². The standard InChI is InChI=1S/C14H19N5O/c1-4-15-11-5-6-16-12(9-11)14(20)19(3)10-13-17-7-8-18(13)2/h5-9H,4,10H2,1-3H3,(H,15,16). The molecule has 0 bridgehead atoms. The van der Waals surface area contributed by atoms with Gasteiger partial charge in [0, 0.05) is 44.9 Å². The fraction of sp³-hybridized carbons (Fsp3) is 0.357. The topological polar surface area (TPSA) is 63.1 Å². The molecule has 0 fully saturated rings. The molecule has 0 aliphatic heterocycles. The van der Waals surface area contributed by atoms with Crippen LogP contribution in [-0.4, -0.2) is 38.9 Å². The zero-order valence-electron chi connectivity index (χ0n) is 12.0. The molecule has 0 radical (unpaired) electrons. The van der Waals surface area contributed by atoms with Crippen molar-refractivity contribution in [1.82, 2.24) is 19.4 Å². The van der Waals surface area contributed by atoms with Gasteiger partial charge < -0.3 is 14.8 Å². The number of aryl methyl sites for hydroxylation is 1. The minimum atomic E-state index is -0.118. The molecule has 1 amide bonds. The van der Waals surface area contributed by atoms with Gasteiger partial charge in [0.2, 0.25) is 0 Å². The van der Waals surface area contributed by atoms with Crippen LogP contribution in [0.2, 0.25) is 0 Å². The Labute approximate surface area is 118 Å². The van der Waals surface area contributed by atoms with Crippen LogP contribution in [0, 0.1) is 0 Å². The number of hydrogen-bond acceptors (Lipinski definition) is 4. The molecule has 0 unspecified atom stereocenters. The number of carbonyl (C=O) groups is 1. The first-order chi connectivity index (χ1) is 9.61. The summed E-state index contributed by atoms with van der Waals surface area (Å²) in [5.74, 6) is 0.719. The Hall–Kier alpha value is -2.37. The lowest BCUT2D eigenvalue weighted by Crippen LogP contribution is -2.28. The lowest BCUT2D eigenvalue weighted by atomic mass is 10.3. The van der Waals surface area contributed by atoms with Crippen molar-refractivity contribution in [3.8, 4) is 0 Å². The number of pyridine rings is 1. The molecule has 0 atom stereocenters. The number of carbonyl (C=O) groups excluding carboxylic acids is 1. The molecule has 2 aromatic heterocycles. The third-order valence-electron chi connectivity index (χ3n) is 3.01. The largest absolute Gasteiger partial charge is 0.385 e. The molecular weight excluding hydrogens is 254 g/mol. The van der Waals surface area contributed by atoms with Crippen molar-refractivity contribution in [2.45, 2.75) is 13.5 Å². The van der Waals surface area contributed by atoms with Crippen LogP contribution in [0.25, 0.3) is 0 Å². The van der Waals surface area contributed by atoms with Crippen molar-refractivity contribution in [1.29, 1.82) is 0 Å². The van der Waals surface area contributed by atoms with Crippen LogP contribution in [0.1, 0.15) is 23.2 Å². The van der Waals surface area contributed by atoms with Gasteiger partial charge in [-0.15, -0.1) is 0 Å². The molecule has 2 rings (SSSR count). The number of hydrogen-bond donors (Lipinski definition) is 1. The Balaban J connectivity index is 2.10. The smallest absolute Gasteiger partial charge is 0.272 e. The minimum absolute atomic E-state index is 0.118. The molecule has 0 aliphatic rings. The molecule has 1 N–H and O–H groups in total. The number of aromatic nitrogens is 3. The van der Waals surface area contributed by atoms with E-state index in [0.29, 0.717) is 12.2 Å². The monoisotopic (exact) mass is 273 g/mol. The third-order valence-corrected chi connectivity index (χ3v) is 3.01. The molecule has 2 heterocycles. The van der Waals surface area contributed by atoms with E-state index in [0.717, 1.165) is 18.1 Å². The maximum Gasteiger partial charge on any atom is 0.272 e. The first-order valence-corrected chi connectivity index (χ1v) is 6.53. The number of anilines is 1. The van der Waals surface area contributed by atoms with Crippen LogP contribution < -0.4 is 5.32 Å². The average Bonchev–Trinajstić information content (AvgIpc) is 2.84. The van der Waals surface area contributed by atoms with Gasteiger partial charge in [-0.1, -0.05) is 0 Å². The van der Waals surface area contributed by atoms with Crippen LogP contribution in [0.5, 0.6) is 0 Å². The van der Waals surface area contributed by atoms with Gasteiger partial charge in [0.05, 0.1) is 6.54 Å². The molecule has 2 aromatic rings. The molecule has 0 aromatic carbocycles. The third kappa shape index (κ3) is 3.14. The van der Waals surface area contributed by atoms with Crippen LogP contribution >= 0.6 is 0 Å². The summed E-state index contributed by atoms with van der Waals surface area (Å²) in [6, 6.07) is 3.61. The highest BCUT2D eigenvalue weighted by Gasteiger charge is 2.15. The van der Waals surface area contributed by atoms with Crippen molar-refractivity contribution >= 4 is 11.6 Å². The lowest BCUT2D eigenvalue weighted by molar-refractivity contribution is 0.0775. The van der Waals surface area contributed by atoms with E-state index in [-0.39, 0.29) is 5.91 Å². The van der Waals surface area contributed by atoms with Crippen molar-refractivity contribution in [3.05, 3.63) is 42.2 Å². The second kappa shape index (κ2) is 6.18. The van der Waals surface area contributed by atoms with Gasteiger partial charge in [-0.05, 0) is 19.1 Å². The molecular formula is C14H19N5O. The number of rotatable bonds is 5. The first kappa shape index (κ1) is 14.0. The Bertz CT molecular complexity index is 593. The number of nitrogens with one attached hydrogen (secondary N) is 1. The Kier molecular flexibility index (Phi) is 4.34. The van der Waals surface area contributed by atoms with Gasteiger partial charge in [-0.2, -0.15) is 0 Å². The van der Waals surface area contributed by atoms with Crippen LogP contribution in [0.4, 0.5) is 5.69 Å². The number of amides is 1. The average molecular weight is 273 g/mol. The summed E-state index contributed by atoms with van der Waals surface area (Å²) >= 11 is 0. The van der Waals surface area contributed by atoms with E-state index in [1.807, 2.05) is 30.8 Å². The molecule has 0 saturated carbocycles. The number of imidazole rings is 1. The molecule has 6 heteroatoms. The minimum Gasteiger partial charge on any atom is -0.385 e. The summed E-state index contributed by atoms with van der Waals surface area (Å²) in [6.45, 7) is 3.27. The predicted octanol–water partition coefficient (Wildman–Crippen LogP) is 1.52. The fourth-order valence-electron chi connectivity index (χ4n) is 1.89. The number of nitrogens with zero attached hydrogens (tertiary/aromatic N) is 4. The van der Waals surface area contributed by atoms with Gasteiger partial charge in [0.15, 0.2) is 0 Å². The van der Waals surface area contributed by atoms with Crippen molar-refractivity contribution < 1.29 is 4.79 Å². The summed E-state index contributed by atoms with van der Waals surface area (Å²) in [4.78, 5) is 22.3. The van der Waals surface area contributed by atoms with E-state index in [2.05, 4.69) is 15.3 Å². The molecule has 20 heavy (non-hydrogen) atoms. The van der Waals surface area contributed by atoms with Crippen molar-refractivity contribution in [3.63, 3.8) is 0 Å². The van der Waals surface area contributed by atoms with E-state index in [1.165, 1.54) is 0 Å². The zero-order valence-corrected chi connectivity index (χ0v) is 12.0. The first-order valence-electron chi connectivity index (χ1n) is 6.53. The molecule has 6 nitrogen and oxygen atoms in total. The highest BCUT2D eigenvalue weighted by Crippen LogP contribution is 2.10. The zero-order chi connectivity index (χ0) is 14.5. The fourth-order valence-corrected chi connectivity index (χ4v) is 1.89.